The van der Waals surface area contributed by atoms with Gasteiger partial charge in [-0.25, -0.2) is 4.99 Å². The zero-order valence-corrected chi connectivity index (χ0v) is 12.3. The molecule has 1 aliphatic rings. The molecule has 0 bridgehead atoms. The van der Waals surface area contributed by atoms with E-state index in [2.05, 4.69) is 27.1 Å². The fraction of sp³-hybridized carbons (Fsp3) is 0.375. The van der Waals surface area contributed by atoms with Crippen LogP contribution in [0.2, 0.25) is 0 Å². The van der Waals surface area contributed by atoms with E-state index in [4.69, 9.17) is 5.73 Å². The summed E-state index contributed by atoms with van der Waals surface area (Å²) in [6.45, 7) is 1.36. The molecule has 5 heteroatoms. The fourth-order valence-electron chi connectivity index (χ4n) is 2.28. The minimum atomic E-state index is 0.581. The van der Waals surface area contributed by atoms with Crippen molar-refractivity contribution in [2.24, 2.45) is 10.7 Å². The quantitative estimate of drug-likeness (QED) is 0.673. The van der Waals surface area contributed by atoms with Crippen molar-refractivity contribution in [3.63, 3.8) is 0 Å². The molecule has 0 saturated heterocycles. The first-order valence-corrected chi connectivity index (χ1v) is 7.30. The van der Waals surface area contributed by atoms with Gasteiger partial charge in [-0.1, -0.05) is 30.3 Å². The largest absolute Gasteiger partial charge is 0.370 e. The van der Waals surface area contributed by atoms with E-state index >= 15 is 0 Å². The zero-order chi connectivity index (χ0) is 14.7. The smallest absolute Gasteiger partial charge is 0.191 e. The first kappa shape index (κ1) is 13.7. The minimum Gasteiger partial charge on any atom is -0.370 e. The summed E-state index contributed by atoms with van der Waals surface area (Å²) in [4.78, 5) is 6.51. The first-order chi connectivity index (χ1) is 10.2. The predicted molar refractivity (Wildman–Crippen MR) is 83.9 cm³/mol. The Morgan fingerprint density at radius 3 is 2.81 bits per heavy atom. The molecule has 5 nitrogen and oxygen atoms in total. The lowest BCUT2D eigenvalue weighted by molar-refractivity contribution is 0.487. The van der Waals surface area contributed by atoms with Crippen LogP contribution < -0.4 is 5.73 Å². The molecule has 0 atom stereocenters. The molecule has 0 aliphatic heterocycles. The Balaban J connectivity index is 1.58. The molecule has 21 heavy (non-hydrogen) atoms. The number of guanidine groups is 1. The average molecular weight is 283 g/mol. The van der Waals surface area contributed by atoms with Crippen molar-refractivity contribution >= 4 is 5.96 Å². The van der Waals surface area contributed by atoms with E-state index in [0.29, 0.717) is 18.5 Å². The van der Waals surface area contributed by atoms with E-state index in [1.54, 1.807) is 0 Å². The van der Waals surface area contributed by atoms with Gasteiger partial charge in [-0.15, -0.1) is 0 Å². The number of benzene rings is 1. The van der Waals surface area contributed by atoms with Crippen molar-refractivity contribution in [1.29, 1.82) is 0 Å². The summed E-state index contributed by atoms with van der Waals surface area (Å²) in [7, 11) is 2.01. The van der Waals surface area contributed by atoms with Crippen molar-refractivity contribution in [3.05, 3.63) is 53.9 Å². The molecule has 2 aromatic rings. The van der Waals surface area contributed by atoms with Crippen LogP contribution in [0.4, 0.5) is 0 Å². The second kappa shape index (κ2) is 5.99. The third-order valence-corrected chi connectivity index (χ3v) is 3.75. The second-order valence-electron chi connectivity index (χ2n) is 5.55. The Morgan fingerprint density at radius 1 is 1.33 bits per heavy atom. The van der Waals surface area contributed by atoms with Gasteiger partial charge in [-0.3, -0.25) is 4.68 Å². The topological polar surface area (TPSA) is 59.4 Å². The van der Waals surface area contributed by atoms with Crippen LogP contribution in [0.5, 0.6) is 0 Å². The molecule has 1 aliphatic carbocycles. The number of hydrogen-bond donors (Lipinski definition) is 1. The molecule has 0 radical (unpaired) electrons. The standard InChI is InChI=1S/C16H21N5/c1-20(15-7-8-15)16(17)18-9-14-10-19-21(12-14)11-13-5-3-2-4-6-13/h2-6,10,12,15H,7-9,11H2,1H3,(H2,17,18). The summed E-state index contributed by atoms with van der Waals surface area (Å²) < 4.78 is 1.93. The summed E-state index contributed by atoms with van der Waals surface area (Å²) in [5, 5.41) is 4.37. The van der Waals surface area contributed by atoms with Crippen LogP contribution >= 0.6 is 0 Å². The number of hydrogen-bond acceptors (Lipinski definition) is 2. The van der Waals surface area contributed by atoms with Gasteiger partial charge in [0.15, 0.2) is 5.96 Å². The third-order valence-electron chi connectivity index (χ3n) is 3.75. The Labute approximate surface area is 125 Å². The molecule has 0 spiro atoms. The molecular weight excluding hydrogens is 262 g/mol. The van der Waals surface area contributed by atoms with E-state index in [-0.39, 0.29) is 0 Å². The second-order valence-corrected chi connectivity index (χ2v) is 5.55. The summed E-state index contributed by atoms with van der Waals surface area (Å²) >= 11 is 0. The lowest BCUT2D eigenvalue weighted by Gasteiger charge is -2.16. The maximum Gasteiger partial charge on any atom is 0.191 e. The maximum atomic E-state index is 5.99. The predicted octanol–water partition coefficient (Wildman–Crippen LogP) is 1.84. The van der Waals surface area contributed by atoms with Gasteiger partial charge in [0.2, 0.25) is 0 Å². The molecule has 1 heterocycles. The van der Waals surface area contributed by atoms with Gasteiger partial charge in [0.25, 0.3) is 0 Å². The highest BCUT2D eigenvalue weighted by atomic mass is 15.3. The molecule has 3 rings (SSSR count). The highest BCUT2D eigenvalue weighted by Crippen LogP contribution is 2.24. The van der Waals surface area contributed by atoms with Gasteiger partial charge in [-0.2, -0.15) is 5.10 Å². The lowest BCUT2D eigenvalue weighted by atomic mass is 10.2. The Hall–Kier alpha value is -2.30. The summed E-state index contributed by atoms with van der Waals surface area (Å²) in [5.74, 6) is 0.619. The van der Waals surface area contributed by atoms with Crippen LogP contribution in [0.25, 0.3) is 0 Å². The number of nitrogens with zero attached hydrogens (tertiary/aromatic N) is 4. The van der Waals surface area contributed by atoms with Crippen LogP contribution in [0.1, 0.15) is 24.0 Å². The van der Waals surface area contributed by atoms with Gasteiger partial charge in [0.05, 0.1) is 19.3 Å². The Bertz CT molecular complexity index is 613. The zero-order valence-electron chi connectivity index (χ0n) is 12.3. The maximum absolute atomic E-state index is 5.99. The van der Waals surface area contributed by atoms with Gasteiger partial charge in [0, 0.05) is 24.8 Å². The SMILES string of the molecule is CN(C(N)=NCc1cnn(Cc2ccccc2)c1)C1CC1. The molecule has 2 N–H and O–H groups in total. The highest BCUT2D eigenvalue weighted by molar-refractivity contribution is 5.78. The van der Waals surface area contributed by atoms with Crippen molar-refractivity contribution in [2.45, 2.75) is 32.0 Å². The van der Waals surface area contributed by atoms with Crippen LogP contribution in [0.3, 0.4) is 0 Å². The van der Waals surface area contributed by atoms with E-state index in [1.165, 1.54) is 18.4 Å². The number of aromatic nitrogens is 2. The van der Waals surface area contributed by atoms with Crippen LogP contribution in [0.15, 0.2) is 47.7 Å². The van der Waals surface area contributed by atoms with Crippen molar-refractivity contribution in [3.8, 4) is 0 Å². The molecule has 1 saturated carbocycles. The summed E-state index contributed by atoms with van der Waals surface area (Å²) in [5.41, 5.74) is 8.31. The monoisotopic (exact) mass is 283 g/mol. The Morgan fingerprint density at radius 2 is 2.10 bits per heavy atom. The van der Waals surface area contributed by atoms with Gasteiger partial charge < -0.3 is 10.6 Å². The van der Waals surface area contributed by atoms with Crippen molar-refractivity contribution in [1.82, 2.24) is 14.7 Å². The van der Waals surface area contributed by atoms with E-state index in [9.17, 15) is 0 Å². The number of nitrogens with two attached hydrogens (primary N) is 1. The number of rotatable bonds is 5. The van der Waals surface area contributed by atoms with Crippen LogP contribution in [-0.2, 0) is 13.1 Å². The molecule has 0 unspecified atom stereocenters. The Kier molecular flexibility index (Phi) is 3.90. The molecule has 110 valence electrons. The molecular formula is C16H21N5. The van der Waals surface area contributed by atoms with E-state index < -0.39 is 0 Å². The van der Waals surface area contributed by atoms with E-state index in [1.807, 2.05) is 42.3 Å². The van der Waals surface area contributed by atoms with Gasteiger partial charge >= 0.3 is 0 Å². The van der Waals surface area contributed by atoms with Crippen molar-refractivity contribution < 1.29 is 0 Å². The minimum absolute atomic E-state index is 0.581. The van der Waals surface area contributed by atoms with Gasteiger partial charge in [-0.05, 0) is 18.4 Å². The summed E-state index contributed by atoms with van der Waals surface area (Å²) in [6.07, 6.45) is 6.33. The molecule has 1 aromatic heterocycles. The molecule has 0 amide bonds. The summed E-state index contributed by atoms with van der Waals surface area (Å²) in [6, 6.07) is 10.9. The third kappa shape index (κ3) is 3.62. The fourth-order valence-corrected chi connectivity index (χ4v) is 2.28. The number of aliphatic imine (C=N–C) groups is 1. The highest BCUT2D eigenvalue weighted by Gasteiger charge is 2.27. The lowest BCUT2D eigenvalue weighted by Crippen LogP contribution is -2.35. The molecule has 1 aromatic carbocycles. The van der Waals surface area contributed by atoms with Crippen LogP contribution in [0, 0.1) is 0 Å². The van der Waals surface area contributed by atoms with Crippen molar-refractivity contribution in [2.75, 3.05) is 7.05 Å². The first-order valence-electron chi connectivity index (χ1n) is 7.30. The molecule has 1 fully saturated rings. The average Bonchev–Trinajstić information content (AvgIpc) is 3.26. The normalized spacial score (nSPS) is 15.2. The van der Waals surface area contributed by atoms with Crippen LogP contribution in [-0.4, -0.2) is 33.7 Å². The van der Waals surface area contributed by atoms with Gasteiger partial charge in [0.1, 0.15) is 0 Å². The van der Waals surface area contributed by atoms with E-state index in [0.717, 1.165) is 12.1 Å².